The van der Waals surface area contributed by atoms with Crippen molar-refractivity contribution in [3.63, 3.8) is 0 Å². The number of rotatable bonds is 8. The van der Waals surface area contributed by atoms with Crippen LogP contribution in [-0.2, 0) is 5.41 Å². The Balaban J connectivity index is 1.40. The van der Waals surface area contributed by atoms with Gasteiger partial charge in [-0.1, -0.05) is 62.7 Å². The summed E-state index contributed by atoms with van der Waals surface area (Å²) < 4.78 is 7.99. The summed E-state index contributed by atoms with van der Waals surface area (Å²) in [6.45, 7) is 13.4. The lowest BCUT2D eigenvalue weighted by Gasteiger charge is -2.18. The van der Waals surface area contributed by atoms with Gasteiger partial charge in [0.25, 0.3) is 5.91 Å². The van der Waals surface area contributed by atoms with Gasteiger partial charge in [0, 0.05) is 47.6 Å². The summed E-state index contributed by atoms with van der Waals surface area (Å²) in [5.41, 5.74) is 3.59. The molecule has 44 heavy (non-hydrogen) atoms. The van der Waals surface area contributed by atoms with Gasteiger partial charge in [0.15, 0.2) is 0 Å². The fourth-order valence-electron chi connectivity index (χ4n) is 4.85. The molecular formula is C35H38N6O3. The number of carbonyl (C=O) groups is 2. The third kappa shape index (κ3) is 6.57. The molecule has 5 rings (SSSR count). The molecule has 5 aromatic rings. The third-order valence-electron chi connectivity index (χ3n) is 7.36. The van der Waals surface area contributed by atoms with Gasteiger partial charge in [0.1, 0.15) is 23.0 Å². The van der Waals surface area contributed by atoms with E-state index >= 15 is 0 Å². The number of anilines is 2. The van der Waals surface area contributed by atoms with Gasteiger partial charge in [-0.25, -0.2) is 9.48 Å². The largest absolute Gasteiger partial charge is 0.457 e. The summed E-state index contributed by atoms with van der Waals surface area (Å²) in [6.07, 6.45) is 1.57. The lowest BCUT2D eigenvalue weighted by Crippen LogP contribution is -2.31. The van der Waals surface area contributed by atoms with Crippen LogP contribution in [0.4, 0.5) is 16.3 Å². The van der Waals surface area contributed by atoms with E-state index in [0.717, 1.165) is 27.7 Å². The molecule has 0 unspecified atom stereocenters. The monoisotopic (exact) mass is 590 g/mol. The molecule has 0 aliphatic heterocycles. The lowest BCUT2D eigenvalue weighted by atomic mass is 9.92. The fraction of sp³-hybridized carbons (Fsp3) is 0.257. The van der Waals surface area contributed by atoms with E-state index in [1.165, 1.54) is 0 Å². The number of hydrogen-bond donors (Lipinski definition) is 2. The van der Waals surface area contributed by atoms with Crippen LogP contribution in [0.25, 0.3) is 16.5 Å². The first kappa shape index (κ1) is 30.3. The average Bonchev–Trinajstić information content (AvgIpc) is 3.44. The molecule has 0 saturated heterocycles. The maximum absolute atomic E-state index is 13.4. The van der Waals surface area contributed by atoms with E-state index in [-0.39, 0.29) is 11.3 Å². The number of urea groups is 1. The Morgan fingerprint density at radius 1 is 0.886 bits per heavy atom. The Hall–Kier alpha value is -5.18. The van der Waals surface area contributed by atoms with Crippen molar-refractivity contribution in [3.05, 3.63) is 102 Å². The SMILES string of the molecule is CCN(CC)C(=O)c1cc(Oc2ccc(NC(=O)Nc3cc(C(C)(C)C)nn3-c3ccc(C)cc3)c3ccccc23)ccn1. The maximum atomic E-state index is 13.4. The van der Waals surface area contributed by atoms with E-state index in [1.54, 1.807) is 40.0 Å². The van der Waals surface area contributed by atoms with Crippen molar-refractivity contribution in [2.45, 2.75) is 47.0 Å². The van der Waals surface area contributed by atoms with Crippen molar-refractivity contribution >= 4 is 34.2 Å². The molecule has 0 aliphatic rings. The van der Waals surface area contributed by atoms with Crippen LogP contribution in [0, 0.1) is 6.92 Å². The van der Waals surface area contributed by atoms with Crippen LogP contribution in [0.2, 0.25) is 0 Å². The number of benzene rings is 3. The molecule has 226 valence electrons. The van der Waals surface area contributed by atoms with Crippen LogP contribution < -0.4 is 15.4 Å². The molecular weight excluding hydrogens is 552 g/mol. The second-order valence-electron chi connectivity index (χ2n) is 11.6. The minimum absolute atomic E-state index is 0.144. The van der Waals surface area contributed by atoms with E-state index < -0.39 is 6.03 Å². The molecule has 0 spiro atoms. The summed E-state index contributed by atoms with van der Waals surface area (Å²) in [6, 6.07) is 24.2. The third-order valence-corrected chi connectivity index (χ3v) is 7.36. The maximum Gasteiger partial charge on any atom is 0.324 e. The van der Waals surface area contributed by atoms with E-state index in [2.05, 4.69) is 36.4 Å². The van der Waals surface area contributed by atoms with Crippen LogP contribution in [0.3, 0.4) is 0 Å². The van der Waals surface area contributed by atoms with Gasteiger partial charge in [-0.3, -0.25) is 15.1 Å². The summed E-state index contributed by atoms with van der Waals surface area (Å²) in [5.74, 6) is 1.51. The van der Waals surface area contributed by atoms with Crippen LogP contribution in [-0.4, -0.2) is 44.7 Å². The second-order valence-corrected chi connectivity index (χ2v) is 11.6. The highest BCUT2D eigenvalue weighted by Crippen LogP contribution is 2.35. The van der Waals surface area contributed by atoms with Gasteiger partial charge < -0.3 is 15.0 Å². The zero-order chi connectivity index (χ0) is 31.4. The first-order valence-corrected chi connectivity index (χ1v) is 14.8. The predicted octanol–water partition coefficient (Wildman–Crippen LogP) is 7.94. The number of ether oxygens (including phenoxy) is 1. The Kier molecular flexibility index (Phi) is 8.66. The molecule has 0 atom stereocenters. The van der Waals surface area contributed by atoms with Gasteiger partial charge in [0.05, 0.1) is 17.1 Å². The van der Waals surface area contributed by atoms with Gasteiger partial charge in [0.2, 0.25) is 0 Å². The zero-order valence-electron chi connectivity index (χ0n) is 26.0. The number of fused-ring (bicyclic) bond motifs is 1. The molecule has 0 aliphatic carbocycles. The highest BCUT2D eigenvalue weighted by Gasteiger charge is 2.22. The Morgan fingerprint density at radius 2 is 1.59 bits per heavy atom. The summed E-state index contributed by atoms with van der Waals surface area (Å²) in [7, 11) is 0. The van der Waals surface area contributed by atoms with E-state index in [4.69, 9.17) is 9.84 Å². The van der Waals surface area contributed by atoms with Crippen molar-refractivity contribution < 1.29 is 14.3 Å². The number of aryl methyl sites for hydroxylation is 1. The summed E-state index contributed by atoms with van der Waals surface area (Å²) in [5, 5.41) is 12.4. The molecule has 9 nitrogen and oxygen atoms in total. The molecule has 2 aromatic heterocycles. The molecule has 0 fully saturated rings. The molecule has 3 amide bonds. The normalized spacial score (nSPS) is 11.3. The van der Waals surface area contributed by atoms with Crippen molar-refractivity contribution in [3.8, 4) is 17.2 Å². The number of hydrogen-bond acceptors (Lipinski definition) is 5. The number of amides is 3. The van der Waals surface area contributed by atoms with Gasteiger partial charge in [-0.05, 0) is 51.1 Å². The fourth-order valence-corrected chi connectivity index (χ4v) is 4.85. The number of nitrogens with one attached hydrogen (secondary N) is 2. The highest BCUT2D eigenvalue weighted by molar-refractivity contribution is 6.07. The molecule has 2 heterocycles. The minimum Gasteiger partial charge on any atom is -0.457 e. The van der Waals surface area contributed by atoms with Crippen LogP contribution in [0.15, 0.2) is 85.1 Å². The van der Waals surface area contributed by atoms with Gasteiger partial charge in [-0.15, -0.1) is 0 Å². The molecule has 0 saturated carbocycles. The second kappa shape index (κ2) is 12.6. The van der Waals surface area contributed by atoms with Crippen molar-refractivity contribution in [1.82, 2.24) is 19.7 Å². The molecule has 3 aromatic carbocycles. The average molecular weight is 591 g/mol. The number of aromatic nitrogens is 3. The zero-order valence-corrected chi connectivity index (χ0v) is 26.0. The summed E-state index contributed by atoms with van der Waals surface area (Å²) in [4.78, 5) is 32.2. The smallest absolute Gasteiger partial charge is 0.324 e. The van der Waals surface area contributed by atoms with Crippen LogP contribution in [0.1, 0.15) is 56.4 Å². The lowest BCUT2D eigenvalue weighted by molar-refractivity contribution is 0.0766. The quantitative estimate of drug-likeness (QED) is 0.191. The van der Waals surface area contributed by atoms with Crippen molar-refractivity contribution in [1.29, 1.82) is 0 Å². The first-order valence-electron chi connectivity index (χ1n) is 14.8. The van der Waals surface area contributed by atoms with E-state index in [9.17, 15) is 9.59 Å². The van der Waals surface area contributed by atoms with E-state index in [0.29, 0.717) is 41.8 Å². The molecule has 9 heteroatoms. The summed E-state index contributed by atoms with van der Waals surface area (Å²) >= 11 is 0. The topological polar surface area (TPSA) is 101 Å². The Labute approximate surface area is 257 Å². The highest BCUT2D eigenvalue weighted by atomic mass is 16.5. The Bertz CT molecular complexity index is 1800. The van der Waals surface area contributed by atoms with Crippen molar-refractivity contribution in [2.24, 2.45) is 0 Å². The van der Waals surface area contributed by atoms with Crippen LogP contribution in [0.5, 0.6) is 11.5 Å². The standard InChI is InChI=1S/C35H38N6O3/c1-7-40(8-2)33(42)29-21-25(19-20-36-29)44-30-18-17-28(26-11-9-10-12-27(26)30)37-34(43)38-32-22-31(35(4,5)6)39-41(32)24-15-13-23(3)14-16-24/h9-22H,7-8H2,1-6H3,(H2,37,38,43). The number of pyridine rings is 1. The number of nitrogens with zero attached hydrogens (tertiary/aromatic N) is 4. The van der Waals surface area contributed by atoms with Gasteiger partial charge >= 0.3 is 6.03 Å². The van der Waals surface area contributed by atoms with Crippen LogP contribution >= 0.6 is 0 Å². The predicted molar refractivity (Wildman–Crippen MR) is 175 cm³/mol. The first-order chi connectivity index (χ1) is 21.1. The molecule has 2 N–H and O–H groups in total. The van der Waals surface area contributed by atoms with Gasteiger partial charge in [-0.2, -0.15) is 5.10 Å². The van der Waals surface area contributed by atoms with Crippen molar-refractivity contribution in [2.75, 3.05) is 23.7 Å². The van der Waals surface area contributed by atoms with E-state index in [1.807, 2.05) is 75.4 Å². The molecule has 0 bridgehead atoms. The Morgan fingerprint density at radius 3 is 2.27 bits per heavy atom. The minimum atomic E-state index is -0.397. The number of carbonyl (C=O) groups excluding carboxylic acids is 2. The molecule has 0 radical (unpaired) electrons.